The van der Waals surface area contributed by atoms with E-state index >= 15 is 0 Å². The molecule has 2 rings (SSSR count). The van der Waals surface area contributed by atoms with Crippen molar-refractivity contribution in [3.05, 3.63) is 45.9 Å². The van der Waals surface area contributed by atoms with E-state index in [2.05, 4.69) is 41.6 Å². The number of hydrogen-bond acceptors (Lipinski definition) is 1. The van der Waals surface area contributed by atoms with E-state index in [-0.39, 0.29) is 0 Å². The van der Waals surface area contributed by atoms with E-state index in [0.717, 1.165) is 12.2 Å². The first-order valence-electron chi connectivity index (χ1n) is 4.64. The Morgan fingerprint density at radius 1 is 1.21 bits per heavy atom. The number of rotatable bonds is 2. The summed E-state index contributed by atoms with van der Waals surface area (Å²) in [7, 11) is 0. The maximum absolute atomic E-state index is 5.49. The molecule has 0 fully saturated rings. The van der Waals surface area contributed by atoms with E-state index < -0.39 is 0 Å². The molecule has 1 aromatic heterocycles. The van der Waals surface area contributed by atoms with Gasteiger partial charge in [-0.3, -0.25) is 0 Å². The topological polar surface area (TPSA) is 13.1 Å². The minimum Gasteiger partial charge on any atom is -0.468 e. The van der Waals surface area contributed by atoms with Gasteiger partial charge in [-0.05, 0) is 28.2 Å². The van der Waals surface area contributed by atoms with Gasteiger partial charge in [0.1, 0.15) is 5.76 Å². The minimum atomic E-state index is 0.950. The molecule has 0 atom stereocenters. The second-order valence-electron chi connectivity index (χ2n) is 3.11. The molecule has 0 spiro atoms. The summed E-state index contributed by atoms with van der Waals surface area (Å²) < 4.78 is 6.72. The van der Waals surface area contributed by atoms with Crippen molar-refractivity contribution in [2.45, 2.75) is 13.3 Å². The first-order valence-corrected chi connectivity index (χ1v) is 5.72. The Kier molecular flexibility index (Phi) is 2.91. The van der Waals surface area contributed by atoms with Gasteiger partial charge in [-0.2, -0.15) is 0 Å². The SMILES string of the molecule is CCc1occ(-c2ccccc2)c1I. The van der Waals surface area contributed by atoms with Crippen LogP contribution in [0.4, 0.5) is 0 Å². The molecule has 0 unspecified atom stereocenters. The Morgan fingerprint density at radius 2 is 1.93 bits per heavy atom. The van der Waals surface area contributed by atoms with Crippen LogP contribution in [0.3, 0.4) is 0 Å². The summed E-state index contributed by atoms with van der Waals surface area (Å²) >= 11 is 2.35. The van der Waals surface area contributed by atoms with Gasteiger partial charge in [0.05, 0.1) is 9.83 Å². The Bertz CT molecular complexity index is 417. The first-order chi connectivity index (χ1) is 6.83. The van der Waals surface area contributed by atoms with Crippen molar-refractivity contribution >= 4 is 22.6 Å². The molecule has 2 heteroatoms. The molecule has 0 saturated carbocycles. The van der Waals surface area contributed by atoms with Crippen molar-refractivity contribution in [1.29, 1.82) is 0 Å². The quantitative estimate of drug-likeness (QED) is 0.760. The molecular formula is C12H11IO. The summed E-state index contributed by atoms with van der Waals surface area (Å²) in [5, 5.41) is 0. The molecule has 0 amide bonds. The van der Waals surface area contributed by atoms with E-state index in [1.54, 1.807) is 0 Å². The number of benzene rings is 1. The number of hydrogen-bond donors (Lipinski definition) is 0. The largest absolute Gasteiger partial charge is 0.468 e. The number of furan rings is 1. The van der Waals surface area contributed by atoms with Crippen LogP contribution in [0.2, 0.25) is 0 Å². The normalized spacial score (nSPS) is 10.4. The third kappa shape index (κ3) is 1.71. The van der Waals surface area contributed by atoms with Crippen LogP contribution in [0.5, 0.6) is 0 Å². The fraction of sp³-hybridized carbons (Fsp3) is 0.167. The van der Waals surface area contributed by atoms with Gasteiger partial charge >= 0.3 is 0 Å². The Balaban J connectivity index is 2.48. The monoisotopic (exact) mass is 298 g/mol. The van der Waals surface area contributed by atoms with Gasteiger partial charge in [0.25, 0.3) is 0 Å². The van der Waals surface area contributed by atoms with Gasteiger partial charge in [0.2, 0.25) is 0 Å². The molecule has 0 aliphatic carbocycles. The molecule has 0 radical (unpaired) electrons. The van der Waals surface area contributed by atoms with E-state index in [4.69, 9.17) is 4.42 Å². The molecule has 1 aromatic carbocycles. The second-order valence-corrected chi connectivity index (χ2v) is 4.18. The zero-order valence-electron chi connectivity index (χ0n) is 7.96. The van der Waals surface area contributed by atoms with Gasteiger partial charge in [-0.15, -0.1) is 0 Å². The highest BCUT2D eigenvalue weighted by Crippen LogP contribution is 2.29. The molecule has 14 heavy (non-hydrogen) atoms. The predicted molar refractivity (Wildman–Crippen MR) is 66.2 cm³/mol. The molecule has 0 saturated heterocycles. The molecule has 0 N–H and O–H groups in total. The van der Waals surface area contributed by atoms with Crippen LogP contribution in [-0.4, -0.2) is 0 Å². The van der Waals surface area contributed by atoms with Crippen LogP contribution >= 0.6 is 22.6 Å². The van der Waals surface area contributed by atoms with Gasteiger partial charge in [0.15, 0.2) is 0 Å². The lowest BCUT2D eigenvalue weighted by molar-refractivity contribution is 0.514. The summed E-state index contributed by atoms with van der Waals surface area (Å²) in [5.41, 5.74) is 2.42. The van der Waals surface area contributed by atoms with E-state index in [0.29, 0.717) is 0 Å². The summed E-state index contributed by atoms with van der Waals surface area (Å²) in [6, 6.07) is 10.3. The molecule has 1 nitrogen and oxygen atoms in total. The van der Waals surface area contributed by atoms with Gasteiger partial charge in [0, 0.05) is 12.0 Å². The van der Waals surface area contributed by atoms with E-state index in [9.17, 15) is 0 Å². The summed E-state index contributed by atoms with van der Waals surface area (Å²) in [4.78, 5) is 0. The van der Waals surface area contributed by atoms with Gasteiger partial charge in [-0.25, -0.2) is 0 Å². The van der Waals surface area contributed by atoms with E-state index in [1.165, 1.54) is 14.7 Å². The predicted octanol–water partition coefficient (Wildman–Crippen LogP) is 4.11. The summed E-state index contributed by atoms with van der Waals surface area (Å²) in [6.07, 6.45) is 2.79. The molecular weight excluding hydrogens is 287 g/mol. The molecule has 0 aliphatic heterocycles. The zero-order valence-corrected chi connectivity index (χ0v) is 10.1. The van der Waals surface area contributed by atoms with Crippen LogP contribution < -0.4 is 0 Å². The first kappa shape index (κ1) is 9.77. The standard InChI is InChI=1S/C12H11IO/c1-2-11-12(13)10(8-14-11)9-6-4-3-5-7-9/h3-8H,2H2,1H3. The third-order valence-corrected chi connectivity index (χ3v) is 3.39. The number of aryl methyl sites for hydroxylation is 1. The molecule has 72 valence electrons. The van der Waals surface area contributed by atoms with Crippen LogP contribution in [-0.2, 0) is 6.42 Å². The second kappa shape index (κ2) is 4.17. The van der Waals surface area contributed by atoms with Crippen LogP contribution in [0.15, 0.2) is 41.0 Å². The highest BCUT2D eigenvalue weighted by atomic mass is 127. The minimum absolute atomic E-state index is 0.950. The third-order valence-electron chi connectivity index (χ3n) is 2.21. The van der Waals surface area contributed by atoms with Crippen LogP contribution in [0.25, 0.3) is 11.1 Å². The Labute approximate surface area is 97.3 Å². The molecule has 2 aromatic rings. The molecule has 1 heterocycles. The highest BCUT2D eigenvalue weighted by molar-refractivity contribution is 14.1. The zero-order chi connectivity index (χ0) is 9.97. The van der Waals surface area contributed by atoms with Crippen LogP contribution in [0, 0.1) is 3.57 Å². The average molecular weight is 298 g/mol. The molecule has 0 aliphatic rings. The van der Waals surface area contributed by atoms with Crippen molar-refractivity contribution < 1.29 is 4.42 Å². The van der Waals surface area contributed by atoms with E-state index in [1.807, 2.05) is 24.5 Å². The Hall–Kier alpha value is -0.770. The van der Waals surface area contributed by atoms with Crippen molar-refractivity contribution in [1.82, 2.24) is 0 Å². The Morgan fingerprint density at radius 3 is 2.50 bits per heavy atom. The van der Waals surface area contributed by atoms with Crippen molar-refractivity contribution in [3.8, 4) is 11.1 Å². The maximum Gasteiger partial charge on any atom is 0.117 e. The van der Waals surface area contributed by atoms with Crippen LogP contribution in [0.1, 0.15) is 12.7 Å². The van der Waals surface area contributed by atoms with Crippen molar-refractivity contribution in [2.75, 3.05) is 0 Å². The lowest BCUT2D eigenvalue weighted by Gasteiger charge is -1.97. The highest BCUT2D eigenvalue weighted by Gasteiger charge is 2.10. The van der Waals surface area contributed by atoms with Crippen molar-refractivity contribution in [2.24, 2.45) is 0 Å². The average Bonchev–Trinajstić information content (AvgIpc) is 2.61. The maximum atomic E-state index is 5.49. The van der Waals surface area contributed by atoms with Gasteiger partial charge in [-0.1, -0.05) is 37.3 Å². The van der Waals surface area contributed by atoms with Gasteiger partial charge < -0.3 is 4.42 Å². The summed E-state index contributed by atoms with van der Waals surface area (Å²) in [5.74, 6) is 1.07. The smallest absolute Gasteiger partial charge is 0.117 e. The lowest BCUT2D eigenvalue weighted by Crippen LogP contribution is -1.80. The molecule has 0 bridgehead atoms. The summed E-state index contributed by atoms with van der Waals surface area (Å²) in [6.45, 7) is 2.11. The fourth-order valence-electron chi connectivity index (χ4n) is 1.43. The fourth-order valence-corrected chi connectivity index (χ4v) is 2.38. The lowest BCUT2D eigenvalue weighted by atomic mass is 10.1. The van der Waals surface area contributed by atoms with Crippen molar-refractivity contribution in [3.63, 3.8) is 0 Å². The number of halogens is 1.